The molecule has 1 N–H and O–H groups in total. The van der Waals surface area contributed by atoms with Gasteiger partial charge in [-0.1, -0.05) is 29.3 Å². The van der Waals surface area contributed by atoms with Gasteiger partial charge in [-0.3, -0.25) is 0 Å². The standard InChI is InChI=1S/C19H21Cl2NO2/c1-3-23-17-9-12-7-8-22-19(15(12)11-18(17)24-4-2)14-6-5-13(20)10-16(14)21/h5-6,9-11,19,22H,3-4,7-8H2,1-2H3. The molecule has 2 aromatic carbocycles. The van der Waals surface area contributed by atoms with E-state index in [4.69, 9.17) is 32.7 Å². The summed E-state index contributed by atoms with van der Waals surface area (Å²) in [5.41, 5.74) is 3.46. The summed E-state index contributed by atoms with van der Waals surface area (Å²) in [7, 11) is 0. The molecule has 0 bridgehead atoms. The van der Waals surface area contributed by atoms with E-state index >= 15 is 0 Å². The fraction of sp³-hybridized carbons (Fsp3) is 0.368. The van der Waals surface area contributed by atoms with E-state index in [2.05, 4.69) is 17.4 Å². The number of rotatable bonds is 5. The molecule has 128 valence electrons. The van der Waals surface area contributed by atoms with Gasteiger partial charge in [0.1, 0.15) is 0 Å². The zero-order valence-electron chi connectivity index (χ0n) is 13.9. The lowest BCUT2D eigenvalue weighted by atomic mass is 9.89. The SMILES string of the molecule is CCOc1cc2c(cc1OCC)C(c1ccc(Cl)cc1Cl)NCC2. The van der Waals surface area contributed by atoms with Crippen molar-refractivity contribution in [1.82, 2.24) is 5.32 Å². The zero-order valence-corrected chi connectivity index (χ0v) is 15.4. The largest absolute Gasteiger partial charge is 0.490 e. The van der Waals surface area contributed by atoms with Crippen LogP contribution in [-0.2, 0) is 6.42 Å². The fourth-order valence-electron chi connectivity index (χ4n) is 3.11. The lowest BCUT2D eigenvalue weighted by Gasteiger charge is -2.29. The number of hydrogen-bond donors (Lipinski definition) is 1. The second-order valence-electron chi connectivity index (χ2n) is 5.67. The second kappa shape index (κ2) is 7.64. The molecule has 2 aromatic rings. The third-order valence-corrected chi connectivity index (χ3v) is 4.69. The number of nitrogens with one attached hydrogen (secondary N) is 1. The minimum Gasteiger partial charge on any atom is -0.490 e. The van der Waals surface area contributed by atoms with E-state index in [9.17, 15) is 0 Å². The average molecular weight is 366 g/mol. The van der Waals surface area contributed by atoms with E-state index in [-0.39, 0.29) is 6.04 Å². The highest BCUT2D eigenvalue weighted by molar-refractivity contribution is 6.35. The van der Waals surface area contributed by atoms with Crippen molar-refractivity contribution in [3.05, 3.63) is 57.1 Å². The zero-order chi connectivity index (χ0) is 17.1. The Hall–Kier alpha value is -1.42. The lowest BCUT2D eigenvalue weighted by molar-refractivity contribution is 0.286. The first-order chi connectivity index (χ1) is 11.6. The average Bonchev–Trinajstić information content (AvgIpc) is 2.56. The molecule has 0 fully saturated rings. The molecule has 1 aliphatic rings. The normalized spacial score (nSPS) is 16.6. The van der Waals surface area contributed by atoms with E-state index in [1.165, 1.54) is 11.1 Å². The molecule has 1 heterocycles. The van der Waals surface area contributed by atoms with Crippen LogP contribution in [0.1, 0.15) is 36.6 Å². The van der Waals surface area contributed by atoms with Crippen LogP contribution in [0, 0.1) is 0 Å². The van der Waals surface area contributed by atoms with Crippen molar-refractivity contribution >= 4 is 23.2 Å². The van der Waals surface area contributed by atoms with Gasteiger partial charge in [-0.2, -0.15) is 0 Å². The van der Waals surface area contributed by atoms with Crippen molar-refractivity contribution in [3.63, 3.8) is 0 Å². The van der Waals surface area contributed by atoms with Crippen molar-refractivity contribution in [3.8, 4) is 11.5 Å². The van der Waals surface area contributed by atoms with E-state index in [1.54, 1.807) is 6.07 Å². The monoisotopic (exact) mass is 365 g/mol. The molecular formula is C19H21Cl2NO2. The minimum absolute atomic E-state index is 0.0217. The van der Waals surface area contributed by atoms with Crippen LogP contribution < -0.4 is 14.8 Å². The Morgan fingerprint density at radius 1 is 1.00 bits per heavy atom. The van der Waals surface area contributed by atoms with E-state index < -0.39 is 0 Å². The minimum atomic E-state index is 0.0217. The van der Waals surface area contributed by atoms with Crippen LogP contribution in [0.5, 0.6) is 11.5 Å². The number of halogens is 2. The Labute approximate surface area is 152 Å². The summed E-state index contributed by atoms with van der Waals surface area (Å²) in [5.74, 6) is 1.58. The first-order valence-corrected chi connectivity index (χ1v) is 9.00. The Bertz CT molecular complexity index is 734. The highest BCUT2D eigenvalue weighted by Gasteiger charge is 2.25. The van der Waals surface area contributed by atoms with Crippen molar-refractivity contribution in [2.45, 2.75) is 26.3 Å². The Morgan fingerprint density at radius 2 is 1.71 bits per heavy atom. The quantitative estimate of drug-likeness (QED) is 0.806. The molecule has 3 nitrogen and oxygen atoms in total. The molecule has 0 radical (unpaired) electrons. The molecule has 0 saturated carbocycles. The maximum atomic E-state index is 6.43. The van der Waals surface area contributed by atoms with Gasteiger partial charge in [-0.25, -0.2) is 0 Å². The topological polar surface area (TPSA) is 30.5 Å². The summed E-state index contributed by atoms with van der Waals surface area (Å²) in [4.78, 5) is 0. The molecule has 0 aliphatic carbocycles. The Balaban J connectivity index is 2.07. The van der Waals surface area contributed by atoms with Crippen LogP contribution in [0.3, 0.4) is 0 Å². The molecule has 0 aromatic heterocycles. The number of benzene rings is 2. The molecular weight excluding hydrogens is 345 g/mol. The van der Waals surface area contributed by atoms with Gasteiger partial charge in [0.2, 0.25) is 0 Å². The van der Waals surface area contributed by atoms with Crippen LogP contribution >= 0.6 is 23.2 Å². The number of fused-ring (bicyclic) bond motifs is 1. The Kier molecular flexibility index (Phi) is 5.54. The molecule has 1 aliphatic heterocycles. The lowest BCUT2D eigenvalue weighted by Crippen LogP contribution is -2.31. The van der Waals surface area contributed by atoms with Gasteiger partial charge in [0.05, 0.1) is 19.3 Å². The third-order valence-electron chi connectivity index (χ3n) is 4.13. The maximum absolute atomic E-state index is 6.43. The third kappa shape index (κ3) is 3.49. The van der Waals surface area contributed by atoms with E-state index in [0.717, 1.165) is 30.0 Å². The summed E-state index contributed by atoms with van der Waals surface area (Å²) in [6.07, 6.45) is 0.948. The van der Waals surface area contributed by atoms with Crippen LogP contribution in [-0.4, -0.2) is 19.8 Å². The van der Waals surface area contributed by atoms with Gasteiger partial charge in [-0.15, -0.1) is 0 Å². The van der Waals surface area contributed by atoms with E-state index in [1.807, 2.05) is 26.0 Å². The molecule has 0 saturated heterocycles. The fourth-order valence-corrected chi connectivity index (χ4v) is 3.63. The summed E-state index contributed by atoms with van der Waals surface area (Å²) < 4.78 is 11.5. The second-order valence-corrected chi connectivity index (χ2v) is 6.51. The van der Waals surface area contributed by atoms with Crippen LogP contribution in [0.4, 0.5) is 0 Å². The summed E-state index contributed by atoms with van der Waals surface area (Å²) in [6, 6.07) is 9.83. The first-order valence-electron chi connectivity index (χ1n) is 8.24. The van der Waals surface area contributed by atoms with Crippen molar-refractivity contribution in [2.75, 3.05) is 19.8 Å². The first kappa shape index (κ1) is 17.4. The molecule has 1 atom stereocenters. The van der Waals surface area contributed by atoms with Gasteiger partial charge in [0.15, 0.2) is 11.5 Å². The molecule has 1 unspecified atom stereocenters. The summed E-state index contributed by atoms with van der Waals surface area (Å²) in [5, 5.41) is 4.86. The molecule has 24 heavy (non-hydrogen) atoms. The molecule has 5 heteroatoms. The van der Waals surface area contributed by atoms with E-state index in [0.29, 0.717) is 23.3 Å². The number of hydrogen-bond acceptors (Lipinski definition) is 3. The summed E-state index contributed by atoms with van der Waals surface area (Å²) in [6.45, 7) is 6.05. The van der Waals surface area contributed by atoms with Gasteiger partial charge in [-0.05, 0) is 61.2 Å². The van der Waals surface area contributed by atoms with Crippen molar-refractivity contribution in [1.29, 1.82) is 0 Å². The van der Waals surface area contributed by atoms with Crippen LogP contribution in [0.15, 0.2) is 30.3 Å². The van der Waals surface area contributed by atoms with Gasteiger partial charge in [0.25, 0.3) is 0 Å². The molecule has 3 rings (SSSR count). The van der Waals surface area contributed by atoms with Crippen LogP contribution in [0.25, 0.3) is 0 Å². The predicted molar refractivity (Wildman–Crippen MR) is 98.8 cm³/mol. The highest BCUT2D eigenvalue weighted by Crippen LogP contribution is 2.39. The maximum Gasteiger partial charge on any atom is 0.161 e. The smallest absolute Gasteiger partial charge is 0.161 e. The van der Waals surface area contributed by atoms with Gasteiger partial charge in [0, 0.05) is 16.6 Å². The summed E-state index contributed by atoms with van der Waals surface area (Å²) >= 11 is 12.5. The number of ether oxygens (including phenoxy) is 2. The van der Waals surface area contributed by atoms with Gasteiger partial charge < -0.3 is 14.8 Å². The molecule has 0 amide bonds. The Morgan fingerprint density at radius 3 is 2.38 bits per heavy atom. The van der Waals surface area contributed by atoms with Crippen molar-refractivity contribution < 1.29 is 9.47 Å². The molecule has 0 spiro atoms. The predicted octanol–water partition coefficient (Wildman–Crippen LogP) is 5.03. The van der Waals surface area contributed by atoms with Crippen molar-refractivity contribution in [2.24, 2.45) is 0 Å². The highest BCUT2D eigenvalue weighted by atomic mass is 35.5. The van der Waals surface area contributed by atoms with Crippen LogP contribution in [0.2, 0.25) is 10.0 Å². The van der Waals surface area contributed by atoms with Gasteiger partial charge >= 0.3 is 0 Å².